The maximum Gasteiger partial charge on any atom is 0.129 e. The topological polar surface area (TPSA) is 58.0 Å². The van der Waals surface area contributed by atoms with Crippen LogP contribution in [0.3, 0.4) is 0 Å². The molecular weight excluding hydrogens is 262 g/mol. The number of hydrogen-bond donors (Lipinski definition) is 2. The van der Waals surface area contributed by atoms with Crippen molar-refractivity contribution in [3.8, 4) is 0 Å². The van der Waals surface area contributed by atoms with Gasteiger partial charge in [0.05, 0.1) is 6.10 Å². The van der Waals surface area contributed by atoms with Gasteiger partial charge < -0.3 is 10.4 Å². The van der Waals surface area contributed by atoms with Crippen molar-refractivity contribution in [2.45, 2.75) is 44.2 Å². The largest absolute Gasteiger partial charge is 0.393 e. The summed E-state index contributed by atoms with van der Waals surface area (Å²) in [5.74, 6) is 0.868. The van der Waals surface area contributed by atoms with Crippen LogP contribution in [0.2, 0.25) is 0 Å². The van der Waals surface area contributed by atoms with Gasteiger partial charge in [0.2, 0.25) is 0 Å². The summed E-state index contributed by atoms with van der Waals surface area (Å²) in [7, 11) is 0. The van der Waals surface area contributed by atoms with Gasteiger partial charge in [-0.3, -0.25) is 0 Å². The fourth-order valence-corrected chi connectivity index (χ4v) is 2.83. The first kappa shape index (κ1) is 14.0. The second-order valence-corrected chi connectivity index (χ2v) is 5.69. The molecule has 110 valence electrons. The van der Waals surface area contributed by atoms with Crippen LogP contribution in [0.1, 0.15) is 30.5 Å². The third-order valence-corrected chi connectivity index (χ3v) is 3.99. The van der Waals surface area contributed by atoms with Gasteiger partial charge in [0.15, 0.2) is 0 Å². The predicted octanol–water partition coefficient (Wildman–Crippen LogP) is 2.59. The van der Waals surface area contributed by atoms with Gasteiger partial charge in [0.25, 0.3) is 0 Å². The average molecular weight is 283 g/mol. The number of anilines is 1. The summed E-state index contributed by atoms with van der Waals surface area (Å²) < 4.78 is 0. The Kier molecular flexibility index (Phi) is 4.46. The first-order valence-electron chi connectivity index (χ1n) is 7.59. The number of hydrogen-bond acceptors (Lipinski definition) is 4. The van der Waals surface area contributed by atoms with E-state index in [-0.39, 0.29) is 6.10 Å². The number of nitrogens with one attached hydrogen (secondary N) is 1. The zero-order valence-corrected chi connectivity index (χ0v) is 12.1. The standard InChI is InChI=1S/C17H21N3O/c21-16-9-8-15(10-16)20-17-11-14(18-12-19-17)7-6-13-4-2-1-3-5-13/h1-5,11-12,15-16,21H,6-10H2,(H,18,19,20)/t15-,16+/m1/s1. The molecule has 0 spiro atoms. The summed E-state index contributed by atoms with van der Waals surface area (Å²) in [5, 5.41) is 13.0. The van der Waals surface area contributed by atoms with E-state index in [9.17, 15) is 5.11 Å². The van der Waals surface area contributed by atoms with Crippen molar-refractivity contribution in [2.24, 2.45) is 0 Å². The molecule has 1 aromatic carbocycles. The first-order chi connectivity index (χ1) is 10.3. The Balaban J connectivity index is 1.58. The molecule has 1 heterocycles. The van der Waals surface area contributed by atoms with Crippen LogP contribution >= 0.6 is 0 Å². The first-order valence-corrected chi connectivity index (χ1v) is 7.59. The molecule has 0 bridgehead atoms. The van der Waals surface area contributed by atoms with E-state index >= 15 is 0 Å². The lowest BCUT2D eigenvalue weighted by atomic mass is 10.1. The van der Waals surface area contributed by atoms with Gasteiger partial charge in [-0.2, -0.15) is 0 Å². The van der Waals surface area contributed by atoms with Crippen LogP contribution in [-0.4, -0.2) is 27.2 Å². The minimum Gasteiger partial charge on any atom is -0.393 e. The molecule has 21 heavy (non-hydrogen) atoms. The minimum absolute atomic E-state index is 0.165. The Morgan fingerprint density at radius 1 is 1.10 bits per heavy atom. The number of rotatable bonds is 5. The molecule has 2 N–H and O–H groups in total. The van der Waals surface area contributed by atoms with E-state index in [0.29, 0.717) is 6.04 Å². The molecule has 0 amide bonds. The molecule has 1 fully saturated rings. The van der Waals surface area contributed by atoms with E-state index in [1.54, 1.807) is 6.33 Å². The molecule has 1 aliphatic carbocycles. The van der Waals surface area contributed by atoms with Crippen LogP contribution in [0.15, 0.2) is 42.7 Å². The van der Waals surface area contributed by atoms with Crippen molar-refractivity contribution in [2.75, 3.05) is 5.32 Å². The molecule has 4 nitrogen and oxygen atoms in total. The van der Waals surface area contributed by atoms with E-state index in [4.69, 9.17) is 0 Å². The van der Waals surface area contributed by atoms with Crippen molar-refractivity contribution in [1.29, 1.82) is 0 Å². The van der Waals surface area contributed by atoms with E-state index in [1.807, 2.05) is 12.1 Å². The van der Waals surface area contributed by atoms with Crippen molar-refractivity contribution >= 4 is 5.82 Å². The maximum absolute atomic E-state index is 9.57. The normalized spacial score (nSPS) is 21.4. The zero-order valence-electron chi connectivity index (χ0n) is 12.1. The van der Waals surface area contributed by atoms with Gasteiger partial charge in [-0.1, -0.05) is 30.3 Å². The fraction of sp³-hybridized carbons (Fsp3) is 0.412. The number of aliphatic hydroxyl groups is 1. The number of benzene rings is 1. The van der Waals surface area contributed by atoms with E-state index in [2.05, 4.69) is 39.6 Å². The van der Waals surface area contributed by atoms with Crippen LogP contribution < -0.4 is 5.32 Å². The quantitative estimate of drug-likeness (QED) is 0.885. The minimum atomic E-state index is -0.165. The lowest BCUT2D eigenvalue weighted by molar-refractivity contribution is 0.182. The second-order valence-electron chi connectivity index (χ2n) is 5.69. The molecule has 0 unspecified atom stereocenters. The molecule has 1 aromatic heterocycles. The monoisotopic (exact) mass is 283 g/mol. The highest BCUT2D eigenvalue weighted by Crippen LogP contribution is 2.22. The van der Waals surface area contributed by atoms with Crippen molar-refractivity contribution in [3.05, 3.63) is 54.0 Å². The van der Waals surface area contributed by atoms with Gasteiger partial charge in [0, 0.05) is 17.8 Å². The lowest BCUT2D eigenvalue weighted by Gasteiger charge is -2.13. The number of aryl methyl sites for hydroxylation is 2. The average Bonchev–Trinajstić information content (AvgIpc) is 2.92. The molecular formula is C17H21N3O. The third kappa shape index (κ3) is 4.02. The van der Waals surface area contributed by atoms with Gasteiger partial charge in [-0.15, -0.1) is 0 Å². The molecule has 0 saturated heterocycles. The Hall–Kier alpha value is -1.94. The smallest absolute Gasteiger partial charge is 0.129 e. The Morgan fingerprint density at radius 3 is 2.71 bits per heavy atom. The highest BCUT2D eigenvalue weighted by atomic mass is 16.3. The van der Waals surface area contributed by atoms with Gasteiger partial charge >= 0.3 is 0 Å². The summed E-state index contributed by atoms with van der Waals surface area (Å²) >= 11 is 0. The van der Waals surface area contributed by atoms with E-state index in [0.717, 1.165) is 43.6 Å². The van der Waals surface area contributed by atoms with Crippen LogP contribution in [0.4, 0.5) is 5.82 Å². The van der Waals surface area contributed by atoms with Gasteiger partial charge in [-0.05, 0) is 37.7 Å². The van der Waals surface area contributed by atoms with Crippen molar-refractivity contribution in [1.82, 2.24) is 9.97 Å². The van der Waals surface area contributed by atoms with E-state index in [1.165, 1.54) is 5.56 Å². The summed E-state index contributed by atoms with van der Waals surface area (Å²) in [5.41, 5.74) is 2.37. The van der Waals surface area contributed by atoms with Crippen LogP contribution in [0.5, 0.6) is 0 Å². The van der Waals surface area contributed by atoms with Crippen LogP contribution in [0, 0.1) is 0 Å². The molecule has 2 atom stereocenters. The van der Waals surface area contributed by atoms with E-state index < -0.39 is 0 Å². The summed E-state index contributed by atoms with van der Waals surface area (Å²) in [6.07, 6.45) is 6.04. The Labute approximate surface area is 125 Å². The van der Waals surface area contributed by atoms with Crippen LogP contribution in [-0.2, 0) is 12.8 Å². The van der Waals surface area contributed by atoms with Gasteiger partial charge in [0.1, 0.15) is 12.1 Å². The molecule has 2 aromatic rings. The molecule has 3 rings (SSSR count). The Morgan fingerprint density at radius 2 is 1.95 bits per heavy atom. The van der Waals surface area contributed by atoms with Crippen LogP contribution in [0.25, 0.3) is 0 Å². The molecule has 1 saturated carbocycles. The fourth-order valence-electron chi connectivity index (χ4n) is 2.83. The lowest BCUT2D eigenvalue weighted by Crippen LogP contribution is -2.17. The molecule has 4 heteroatoms. The predicted molar refractivity (Wildman–Crippen MR) is 83.2 cm³/mol. The molecule has 0 aliphatic heterocycles. The third-order valence-electron chi connectivity index (χ3n) is 3.99. The SMILES string of the molecule is O[C@H]1CC[C@@H](Nc2cc(CCc3ccccc3)ncn2)C1. The number of aliphatic hydroxyl groups excluding tert-OH is 1. The number of nitrogens with zero attached hydrogens (tertiary/aromatic N) is 2. The summed E-state index contributed by atoms with van der Waals surface area (Å²) in [4.78, 5) is 8.62. The Bertz CT molecular complexity index is 573. The highest BCUT2D eigenvalue weighted by Gasteiger charge is 2.22. The molecule has 0 radical (unpaired) electrons. The van der Waals surface area contributed by atoms with Crippen molar-refractivity contribution in [3.63, 3.8) is 0 Å². The zero-order chi connectivity index (χ0) is 14.5. The molecule has 1 aliphatic rings. The second kappa shape index (κ2) is 6.68. The highest BCUT2D eigenvalue weighted by molar-refractivity contribution is 5.36. The summed E-state index contributed by atoms with van der Waals surface area (Å²) in [6, 6.07) is 12.8. The van der Waals surface area contributed by atoms with Gasteiger partial charge in [-0.25, -0.2) is 9.97 Å². The number of aromatic nitrogens is 2. The van der Waals surface area contributed by atoms with Crippen molar-refractivity contribution < 1.29 is 5.11 Å². The summed E-state index contributed by atoms with van der Waals surface area (Å²) in [6.45, 7) is 0. The maximum atomic E-state index is 9.57.